The van der Waals surface area contributed by atoms with Gasteiger partial charge in [0, 0.05) is 24.4 Å². The van der Waals surface area contributed by atoms with E-state index in [0.29, 0.717) is 12.8 Å². The predicted molar refractivity (Wildman–Crippen MR) is 131 cm³/mol. The minimum atomic E-state index is -1.04. The van der Waals surface area contributed by atoms with Crippen LogP contribution in [-0.4, -0.2) is 35.1 Å². The van der Waals surface area contributed by atoms with Crippen molar-refractivity contribution in [3.63, 3.8) is 0 Å². The molecule has 2 N–H and O–H groups in total. The summed E-state index contributed by atoms with van der Waals surface area (Å²) in [5, 5.41) is 12.7. The minimum absolute atomic E-state index is 0.204. The molecule has 1 atom stereocenters. The number of amides is 1. The fraction of sp³-hybridized carbons (Fsp3) is 0.321. The number of rotatable bonds is 8. The normalized spacial score (nSPS) is 15.5. The topological polar surface area (TPSA) is 88.5 Å². The van der Waals surface area contributed by atoms with Crippen LogP contribution in [0.2, 0.25) is 0 Å². The van der Waals surface area contributed by atoms with Crippen LogP contribution in [0.4, 0.5) is 0 Å². The zero-order chi connectivity index (χ0) is 24.1. The van der Waals surface area contributed by atoms with E-state index in [1.54, 1.807) is 19.5 Å². The molecule has 1 heterocycles. The van der Waals surface area contributed by atoms with Crippen molar-refractivity contribution in [1.29, 1.82) is 0 Å². The maximum absolute atomic E-state index is 13.5. The van der Waals surface area contributed by atoms with Gasteiger partial charge in [-0.25, -0.2) is 4.79 Å². The second-order valence-corrected chi connectivity index (χ2v) is 8.95. The van der Waals surface area contributed by atoms with Crippen LogP contribution in [0.25, 0.3) is 11.1 Å². The van der Waals surface area contributed by atoms with Gasteiger partial charge in [-0.2, -0.15) is 0 Å². The maximum atomic E-state index is 13.5. The van der Waals surface area contributed by atoms with Gasteiger partial charge in [-0.3, -0.25) is 9.78 Å². The number of carboxylic acids is 1. The van der Waals surface area contributed by atoms with Crippen molar-refractivity contribution < 1.29 is 19.4 Å². The Kier molecular flexibility index (Phi) is 6.96. The monoisotopic (exact) mass is 458 g/mol. The van der Waals surface area contributed by atoms with Gasteiger partial charge in [0.1, 0.15) is 11.8 Å². The lowest BCUT2D eigenvalue weighted by molar-refractivity contribution is -0.142. The van der Waals surface area contributed by atoms with E-state index in [2.05, 4.69) is 10.3 Å². The number of aliphatic carboxylic acids is 1. The lowest BCUT2D eigenvalue weighted by atomic mass is 9.76. The zero-order valence-electron chi connectivity index (χ0n) is 19.6. The van der Waals surface area contributed by atoms with Gasteiger partial charge in [-0.05, 0) is 54.2 Å². The molecule has 0 unspecified atom stereocenters. The average molecular weight is 459 g/mol. The van der Waals surface area contributed by atoms with Crippen molar-refractivity contribution in [2.24, 2.45) is 0 Å². The highest BCUT2D eigenvalue weighted by Gasteiger charge is 2.44. The van der Waals surface area contributed by atoms with E-state index in [0.717, 1.165) is 46.4 Å². The highest BCUT2D eigenvalue weighted by molar-refractivity contribution is 5.92. The van der Waals surface area contributed by atoms with E-state index in [1.807, 2.05) is 61.5 Å². The molecule has 0 saturated heterocycles. The number of benzene rings is 2. The van der Waals surface area contributed by atoms with Gasteiger partial charge in [0.2, 0.25) is 5.91 Å². The van der Waals surface area contributed by atoms with Crippen LogP contribution in [0.15, 0.2) is 67.0 Å². The third kappa shape index (κ3) is 4.67. The number of para-hydroxylation sites is 1. The number of ether oxygens (including phenoxy) is 1. The molecular formula is C28H30N2O4. The number of aromatic nitrogens is 1. The molecule has 34 heavy (non-hydrogen) atoms. The average Bonchev–Trinajstić information content (AvgIpc) is 3.35. The van der Waals surface area contributed by atoms with Crippen LogP contribution in [0.3, 0.4) is 0 Å². The van der Waals surface area contributed by atoms with E-state index in [4.69, 9.17) is 4.74 Å². The number of nitrogens with one attached hydrogen (secondary N) is 1. The molecule has 3 aromatic rings. The zero-order valence-corrected chi connectivity index (χ0v) is 19.6. The first-order valence-electron chi connectivity index (χ1n) is 11.6. The Labute approximate surface area is 200 Å². The van der Waals surface area contributed by atoms with Crippen LogP contribution in [0.5, 0.6) is 5.75 Å². The number of pyridine rings is 1. The number of aryl methyl sites for hydroxylation is 1. The highest BCUT2D eigenvalue weighted by Crippen LogP contribution is 2.42. The third-order valence-electron chi connectivity index (χ3n) is 6.86. The first kappa shape index (κ1) is 23.5. The Balaban J connectivity index is 1.53. The Morgan fingerprint density at radius 3 is 2.44 bits per heavy atom. The molecule has 1 saturated carbocycles. The van der Waals surface area contributed by atoms with Crippen molar-refractivity contribution in [2.45, 2.75) is 50.5 Å². The summed E-state index contributed by atoms with van der Waals surface area (Å²) >= 11 is 0. The summed E-state index contributed by atoms with van der Waals surface area (Å²) in [6, 6.07) is 16.3. The molecule has 0 radical (unpaired) electrons. The summed E-state index contributed by atoms with van der Waals surface area (Å²) in [5.41, 5.74) is 3.97. The first-order chi connectivity index (χ1) is 16.4. The van der Waals surface area contributed by atoms with Crippen molar-refractivity contribution in [3.8, 4) is 16.9 Å². The fourth-order valence-electron chi connectivity index (χ4n) is 5.00. The van der Waals surface area contributed by atoms with E-state index in [-0.39, 0.29) is 12.3 Å². The SMILES string of the molecule is COc1ccccc1-c1ccc(C[C@H](NC(=O)C2(c3cnccc3C)CCCC2)C(=O)O)cc1. The molecule has 0 bridgehead atoms. The van der Waals surface area contributed by atoms with Crippen molar-refractivity contribution >= 4 is 11.9 Å². The van der Waals surface area contributed by atoms with Gasteiger partial charge in [0.25, 0.3) is 0 Å². The standard InChI is InChI=1S/C28H30N2O4/c1-19-13-16-29-18-23(19)28(14-5-6-15-28)27(33)30-24(26(31)32)17-20-9-11-21(12-10-20)22-7-3-4-8-25(22)34-2/h3-4,7-13,16,18,24H,5-6,14-15,17H2,1-2H3,(H,30,33)(H,31,32)/t24-/m0/s1. The molecule has 6 nitrogen and oxygen atoms in total. The second kappa shape index (κ2) is 10.1. The predicted octanol–water partition coefficient (Wildman–Crippen LogP) is 4.69. The van der Waals surface area contributed by atoms with Crippen LogP contribution in [0, 0.1) is 6.92 Å². The van der Waals surface area contributed by atoms with Crippen molar-refractivity contribution in [2.75, 3.05) is 7.11 Å². The van der Waals surface area contributed by atoms with Crippen molar-refractivity contribution in [1.82, 2.24) is 10.3 Å². The molecule has 0 aliphatic heterocycles. The molecule has 0 spiro atoms. The lowest BCUT2D eigenvalue weighted by Gasteiger charge is -2.31. The quantitative estimate of drug-likeness (QED) is 0.511. The Hall–Kier alpha value is -3.67. The lowest BCUT2D eigenvalue weighted by Crippen LogP contribution is -2.50. The summed E-state index contributed by atoms with van der Waals surface area (Å²) in [4.78, 5) is 29.8. The number of hydrogen-bond donors (Lipinski definition) is 2. The molecule has 4 rings (SSSR count). The Morgan fingerprint density at radius 2 is 1.79 bits per heavy atom. The number of carbonyl (C=O) groups is 2. The maximum Gasteiger partial charge on any atom is 0.326 e. The number of nitrogens with zero attached hydrogens (tertiary/aromatic N) is 1. The third-order valence-corrected chi connectivity index (χ3v) is 6.86. The summed E-state index contributed by atoms with van der Waals surface area (Å²) in [6.07, 6.45) is 6.94. The van der Waals surface area contributed by atoms with Gasteiger partial charge < -0.3 is 15.2 Å². The van der Waals surface area contributed by atoms with Crippen LogP contribution in [0.1, 0.15) is 42.4 Å². The van der Waals surface area contributed by atoms with Gasteiger partial charge in [-0.1, -0.05) is 55.3 Å². The minimum Gasteiger partial charge on any atom is -0.496 e. The fourth-order valence-corrected chi connectivity index (χ4v) is 5.00. The van der Waals surface area contributed by atoms with E-state index < -0.39 is 17.4 Å². The summed E-state index contributed by atoms with van der Waals surface area (Å²) in [7, 11) is 1.64. The molecule has 1 aromatic heterocycles. The van der Waals surface area contributed by atoms with E-state index in [9.17, 15) is 14.7 Å². The summed E-state index contributed by atoms with van der Waals surface area (Å²) < 4.78 is 5.44. The van der Waals surface area contributed by atoms with Crippen molar-refractivity contribution in [3.05, 3.63) is 83.7 Å². The highest BCUT2D eigenvalue weighted by atomic mass is 16.5. The smallest absolute Gasteiger partial charge is 0.326 e. The first-order valence-corrected chi connectivity index (χ1v) is 11.6. The largest absolute Gasteiger partial charge is 0.496 e. The van der Waals surface area contributed by atoms with E-state index in [1.165, 1.54) is 0 Å². The van der Waals surface area contributed by atoms with Gasteiger partial charge in [0.05, 0.1) is 12.5 Å². The van der Waals surface area contributed by atoms with Gasteiger partial charge in [-0.15, -0.1) is 0 Å². The Morgan fingerprint density at radius 1 is 1.09 bits per heavy atom. The van der Waals surface area contributed by atoms with Crippen LogP contribution in [-0.2, 0) is 21.4 Å². The number of carbonyl (C=O) groups excluding carboxylic acids is 1. The Bertz CT molecular complexity index is 1170. The molecule has 1 aliphatic rings. The van der Waals surface area contributed by atoms with Crippen LogP contribution >= 0.6 is 0 Å². The number of methoxy groups -OCH3 is 1. The summed E-state index contributed by atoms with van der Waals surface area (Å²) in [6.45, 7) is 1.97. The van der Waals surface area contributed by atoms with Gasteiger partial charge in [0.15, 0.2) is 0 Å². The number of carboxylic acid groups (broad SMARTS) is 1. The molecule has 176 valence electrons. The molecule has 1 aliphatic carbocycles. The molecule has 1 amide bonds. The van der Waals surface area contributed by atoms with Gasteiger partial charge >= 0.3 is 5.97 Å². The summed E-state index contributed by atoms with van der Waals surface area (Å²) in [5.74, 6) is -0.490. The molecule has 2 aromatic carbocycles. The molecule has 1 fully saturated rings. The molecule has 6 heteroatoms. The number of hydrogen-bond acceptors (Lipinski definition) is 4. The van der Waals surface area contributed by atoms with Crippen LogP contribution < -0.4 is 10.1 Å². The second-order valence-electron chi connectivity index (χ2n) is 8.95. The molecular weight excluding hydrogens is 428 g/mol. The van der Waals surface area contributed by atoms with E-state index >= 15 is 0 Å².